The molecule has 4 nitrogen and oxygen atoms in total. The summed E-state index contributed by atoms with van der Waals surface area (Å²) < 4.78 is 11.7. The molecule has 1 aromatic heterocycles. The second-order valence-corrected chi connectivity index (χ2v) is 5.18. The van der Waals surface area contributed by atoms with Crippen LogP contribution in [0.3, 0.4) is 0 Å². The zero-order valence-corrected chi connectivity index (χ0v) is 13.3. The number of ether oxygens (including phenoxy) is 2. The fourth-order valence-electron chi connectivity index (χ4n) is 1.92. The standard InChI is InChI=1S/C15H17BrN2O2/c1-10-4-5-12(11(16)8-10)18-9-13-15(20-3)14(19-2)6-7-17-13/h4-8,18H,9H2,1-3H3. The molecule has 2 aromatic rings. The van der Waals surface area contributed by atoms with Gasteiger partial charge in [-0.25, -0.2) is 0 Å². The van der Waals surface area contributed by atoms with Crippen LogP contribution in [0.15, 0.2) is 34.9 Å². The number of aryl methyl sites for hydroxylation is 1. The van der Waals surface area contributed by atoms with Crippen LogP contribution in [0.5, 0.6) is 11.5 Å². The van der Waals surface area contributed by atoms with Gasteiger partial charge in [-0.05, 0) is 40.5 Å². The van der Waals surface area contributed by atoms with Gasteiger partial charge in [-0.15, -0.1) is 0 Å². The number of benzene rings is 1. The summed E-state index contributed by atoms with van der Waals surface area (Å²) in [5.74, 6) is 1.34. The van der Waals surface area contributed by atoms with Gasteiger partial charge in [0.25, 0.3) is 0 Å². The quantitative estimate of drug-likeness (QED) is 0.902. The minimum Gasteiger partial charge on any atom is -0.493 e. The predicted octanol–water partition coefficient (Wildman–Crippen LogP) is 3.78. The Hall–Kier alpha value is -1.75. The molecule has 1 heterocycles. The summed E-state index contributed by atoms with van der Waals surface area (Å²) in [4.78, 5) is 4.34. The van der Waals surface area contributed by atoms with Crippen LogP contribution in [0.1, 0.15) is 11.3 Å². The Bertz CT molecular complexity index is 602. The summed E-state index contributed by atoms with van der Waals surface area (Å²) >= 11 is 3.55. The molecule has 0 amide bonds. The van der Waals surface area contributed by atoms with Gasteiger partial charge in [0, 0.05) is 22.4 Å². The second kappa shape index (κ2) is 6.61. The largest absolute Gasteiger partial charge is 0.493 e. The van der Waals surface area contributed by atoms with Crippen molar-refractivity contribution in [2.45, 2.75) is 13.5 Å². The minimum atomic E-state index is 0.558. The summed E-state index contributed by atoms with van der Waals surface area (Å²) in [5.41, 5.74) is 3.03. The Morgan fingerprint density at radius 2 is 2.00 bits per heavy atom. The number of nitrogens with zero attached hydrogens (tertiary/aromatic N) is 1. The smallest absolute Gasteiger partial charge is 0.184 e. The molecule has 0 aliphatic carbocycles. The predicted molar refractivity (Wildman–Crippen MR) is 83.5 cm³/mol. The Kier molecular flexibility index (Phi) is 4.84. The van der Waals surface area contributed by atoms with Gasteiger partial charge < -0.3 is 14.8 Å². The molecule has 1 N–H and O–H groups in total. The van der Waals surface area contributed by atoms with Crippen molar-refractivity contribution < 1.29 is 9.47 Å². The van der Waals surface area contributed by atoms with Crippen LogP contribution in [0, 0.1) is 6.92 Å². The lowest BCUT2D eigenvalue weighted by Crippen LogP contribution is -2.05. The van der Waals surface area contributed by atoms with Gasteiger partial charge in [0.2, 0.25) is 0 Å². The van der Waals surface area contributed by atoms with Gasteiger partial charge in [0.15, 0.2) is 11.5 Å². The molecule has 0 atom stereocenters. The van der Waals surface area contributed by atoms with E-state index in [0.717, 1.165) is 15.9 Å². The van der Waals surface area contributed by atoms with Gasteiger partial charge in [0.05, 0.1) is 20.8 Å². The molecule has 0 bridgehead atoms. The maximum Gasteiger partial charge on any atom is 0.184 e. The normalized spacial score (nSPS) is 10.2. The van der Waals surface area contributed by atoms with Crippen molar-refractivity contribution in [3.63, 3.8) is 0 Å². The number of hydrogen-bond acceptors (Lipinski definition) is 4. The van der Waals surface area contributed by atoms with Crippen molar-refractivity contribution in [1.29, 1.82) is 0 Å². The maximum atomic E-state index is 5.37. The fraction of sp³-hybridized carbons (Fsp3) is 0.267. The lowest BCUT2D eigenvalue weighted by Gasteiger charge is -2.13. The third-order valence-electron chi connectivity index (χ3n) is 2.94. The van der Waals surface area contributed by atoms with Crippen LogP contribution in [0.25, 0.3) is 0 Å². The number of pyridine rings is 1. The summed E-state index contributed by atoms with van der Waals surface area (Å²) in [6, 6.07) is 7.94. The summed E-state index contributed by atoms with van der Waals surface area (Å²) in [7, 11) is 3.23. The summed E-state index contributed by atoms with van der Waals surface area (Å²) in [5, 5.41) is 3.34. The van der Waals surface area contributed by atoms with Crippen LogP contribution in [-0.2, 0) is 6.54 Å². The lowest BCUT2D eigenvalue weighted by molar-refractivity contribution is 0.350. The number of halogens is 1. The van der Waals surface area contributed by atoms with Gasteiger partial charge >= 0.3 is 0 Å². The first-order chi connectivity index (χ1) is 9.65. The van der Waals surface area contributed by atoms with E-state index in [0.29, 0.717) is 18.0 Å². The molecule has 2 rings (SSSR count). The molecule has 0 aliphatic heterocycles. The van der Waals surface area contributed by atoms with E-state index in [1.54, 1.807) is 26.5 Å². The highest BCUT2D eigenvalue weighted by atomic mass is 79.9. The average molecular weight is 337 g/mol. The van der Waals surface area contributed by atoms with Gasteiger partial charge in [-0.1, -0.05) is 6.07 Å². The number of aromatic nitrogens is 1. The van der Waals surface area contributed by atoms with E-state index < -0.39 is 0 Å². The molecule has 20 heavy (non-hydrogen) atoms. The molecule has 0 unspecified atom stereocenters. The number of nitrogens with one attached hydrogen (secondary N) is 1. The van der Waals surface area contributed by atoms with Gasteiger partial charge in [-0.2, -0.15) is 0 Å². The van der Waals surface area contributed by atoms with Gasteiger partial charge in [-0.3, -0.25) is 4.98 Å². The monoisotopic (exact) mass is 336 g/mol. The second-order valence-electron chi connectivity index (χ2n) is 4.33. The Morgan fingerprint density at radius 1 is 1.20 bits per heavy atom. The molecule has 0 saturated heterocycles. The molecule has 5 heteroatoms. The number of methoxy groups -OCH3 is 2. The van der Waals surface area contributed by atoms with Crippen LogP contribution in [-0.4, -0.2) is 19.2 Å². The summed E-state index contributed by atoms with van der Waals surface area (Å²) in [6.07, 6.45) is 1.71. The van der Waals surface area contributed by atoms with Crippen LogP contribution < -0.4 is 14.8 Å². The molecule has 0 spiro atoms. The van der Waals surface area contributed by atoms with E-state index in [9.17, 15) is 0 Å². The molecule has 0 aliphatic rings. The third-order valence-corrected chi connectivity index (χ3v) is 3.59. The number of hydrogen-bond donors (Lipinski definition) is 1. The van der Waals surface area contributed by atoms with Crippen molar-refractivity contribution in [2.75, 3.05) is 19.5 Å². The molecule has 0 fully saturated rings. The van der Waals surface area contributed by atoms with E-state index >= 15 is 0 Å². The molecule has 1 aromatic carbocycles. The Labute approximate surface area is 127 Å². The first-order valence-corrected chi connectivity index (χ1v) is 7.01. The average Bonchev–Trinajstić information content (AvgIpc) is 2.45. The van der Waals surface area contributed by atoms with E-state index in [4.69, 9.17) is 9.47 Å². The zero-order valence-electron chi connectivity index (χ0n) is 11.7. The molecule has 0 saturated carbocycles. The van der Waals surface area contributed by atoms with Crippen molar-refractivity contribution in [2.24, 2.45) is 0 Å². The third kappa shape index (κ3) is 3.22. The Morgan fingerprint density at radius 3 is 2.65 bits per heavy atom. The number of anilines is 1. The maximum absolute atomic E-state index is 5.37. The topological polar surface area (TPSA) is 43.4 Å². The van der Waals surface area contributed by atoms with Crippen LogP contribution in [0.2, 0.25) is 0 Å². The molecule has 106 valence electrons. The molecular formula is C15H17BrN2O2. The lowest BCUT2D eigenvalue weighted by atomic mass is 10.2. The first kappa shape index (κ1) is 14.7. The van der Waals surface area contributed by atoms with Crippen LogP contribution >= 0.6 is 15.9 Å². The molecular weight excluding hydrogens is 320 g/mol. The molecule has 0 radical (unpaired) electrons. The van der Waals surface area contributed by atoms with E-state index in [-0.39, 0.29) is 0 Å². The SMILES string of the molecule is COc1ccnc(CNc2ccc(C)cc2Br)c1OC. The van der Waals surface area contributed by atoms with Crippen LogP contribution in [0.4, 0.5) is 5.69 Å². The first-order valence-electron chi connectivity index (χ1n) is 6.21. The Balaban J connectivity index is 2.18. The van der Waals surface area contributed by atoms with Crippen molar-refractivity contribution in [3.05, 3.63) is 46.2 Å². The van der Waals surface area contributed by atoms with E-state index in [1.165, 1.54) is 5.56 Å². The van der Waals surface area contributed by atoms with Gasteiger partial charge in [0.1, 0.15) is 5.69 Å². The highest BCUT2D eigenvalue weighted by Crippen LogP contribution is 2.30. The van der Waals surface area contributed by atoms with E-state index in [2.05, 4.69) is 45.3 Å². The highest BCUT2D eigenvalue weighted by Gasteiger charge is 2.11. The van der Waals surface area contributed by atoms with Crippen molar-refractivity contribution in [1.82, 2.24) is 4.98 Å². The fourth-order valence-corrected chi connectivity index (χ4v) is 2.55. The van der Waals surface area contributed by atoms with E-state index in [1.807, 2.05) is 6.07 Å². The van der Waals surface area contributed by atoms with Crippen molar-refractivity contribution >= 4 is 21.6 Å². The minimum absolute atomic E-state index is 0.558. The summed E-state index contributed by atoms with van der Waals surface area (Å²) in [6.45, 7) is 2.61. The van der Waals surface area contributed by atoms with Crippen molar-refractivity contribution in [3.8, 4) is 11.5 Å². The highest BCUT2D eigenvalue weighted by molar-refractivity contribution is 9.10. The zero-order chi connectivity index (χ0) is 14.5. The number of rotatable bonds is 5.